The Kier molecular flexibility index (Phi) is 4.96. The van der Waals surface area contributed by atoms with Crippen molar-refractivity contribution in [1.29, 1.82) is 0 Å². The minimum absolute atomic E-state index is 0.0596. The quantitative estimate of drug-likeness (QED) is 0.652. The molecule has 1 aromatic heterocycles. The summed E-state index contributed by atoms with van der Waals surface area (Å²) in [6.07, 6.45) is 1.75. The highest BCUT2D eigenvalue weighted by Crippen LogP contribution is 2.27. The van der Waals surface area contributed by atoms with Crippen LogP contribution in [0.5, 0.6) is 0 Å². The number of aromatic nitrogens is 2. The first-order valence-electron chi connectivity index (χ1n) is 6.79. The van der Waals surface area contributed by atoms with Gasteiger partial charge in [-0.05, 0) is 31.0 Å². The minimum atomic E-state index is 0.0596. The summed E-state index contributed by atoms with van der Waals surface area (Å²) in [5.74, 6) is 5.76. The predicted octanol–water partition coefficient (Wildman–Crippen LogP) is 2.80. The van der Waals surface area contributed by atoms with Gasteiger partial charge in [-0.25, -0.2) is 0 Å². The molecule has 1 heterocycles. The second-order valence-electron chi connectivity index (χ2n) is 5.05. The smallest absolute Gasteiger partial charge is 0.0624 e. The van der Waals surface area contributed by atoms with Gasteiger partial charge in [0.15, 0.2) is 0 Å². The molecular formula is C15H21BrN4. The Balaban J connectivity index is 2.28. The molecule has 0 aliphatic heterocycles. The molecule has 0 saturated heterocycles. The van der Waals surface area contributed by atoms with E-state index in [1.165, 1.54) is 16.8 Å². The maximum absolute atomic E-state index is 5.76. The summed E-state index contributed by atoms with van der Waals surface area (Å²) in [6, 6.07) is 8.51. The summed E-state index contributed by atoms with van der Waals surface area (Å²) >= 11 is 3.60. The summed E-state index contributed by atoms with van der Waals surface area (Å²) in [4.78, 5) is 0. The summed E-state index contributed by atoms with van der Waals surface area (Å²) in [6.45, 7) is 4.20. The fourth-order valence-corrected chi connectivity index (χ4v) is 2.86. The number of nitrogens with one attached hydrogen (secondary N) is 1. The van der Waals surface area contributed by atoms with Crippen LogP contribution in [0.4, 0.5) is 0 Å². The molecule has 1 atom stereocenters. The molecule has 1 aromatic carbocycles. The largest absolute Gasteiger partial charge is 0.272 e. The number of aryl methyl sites for hydroxylation is 3. The van der Waals surface area contributed by atoms with Crippen molar-refractivity contribution >= 4 is 15.9 Å². The van der Waals surface area contributed by atoms with Crippen LogP contribution in [-0.4, -0.2) is 9.78 Å². The van der Waals surface area contributed by atoms with Crippen molar-refractivity contribution in [1.82, 2.24) is 15.2 Å². The normalized spacial score (nSPS) is 12.7. The first kappa shape index (κ1) is 15.2. The van der Waals surface area contributed by atoms with Crippen LogP contribution in [0, 0.1) is 6.92 Å². The van der Waals surface area contributed by atoms with Gasteiger partial charge < -0.3 is 0 Å². The summed E-state index contributed by atoms with van der Waals surface area (Å²) in [5, 5.41) is 4.49. The molecule has 5 heteroatoms. The Bertz CT molecular complexity index is 592. The molecule has 1 unspecified atom stereocenters. The van der Waals surface area contributed by atoms with Crippen LogP contribution in [-0.2, 0) is 19.9 Å². The van der Waals surface area contributed by atoms with E-state index in [1.54, 1.807) is 0 Å². The van der Waals surface area contributed by atoms with Crippen LogP contribution < -0.4 is 11.3 Å². The van der Waals surface area contributed by atoms with Gasteiger partial charge in [-0.15, -0.1) is 0 Å². The third kappa shape index (κ3) is 3.29. The van der Waals surface area contributed by atoms with E-state index < -0.39 is 0 Å². The monoisotopic (exact) mass is 336 g/mol. The van der Waals surface area contributed by atoms with Crippen LogP contribution in [0.3, 0.4) is 0 Å². The number of hydrogen-bond donors (Lipinski definition) is 2. The van der Waals surface area contributed by atoms with Crippen molar-refractivity contribution in [2.24, 2.45) is 12.9 Å². The molecule has 0 fully saturated rings. The minimum Gasteiger partial charge on any atom is -0.272 e. The highest BCUT2D eigenvalue weighted by molar-refractivity contribution is 9.10. The van der Waals surface area contributed by atoms with Crippen molar-refractivity contribution < 1.29 is 0 Å². The molecule has 0 radical (unpaired) electrons. The Morgan fingerprint density at radius 2 is 2.15 bits per heavy atom. The molecular weight excluding hydrogens is 316 g/mol. The lowest BCUT2D eigenvalue weighted by Gasteiger charge is -2.18. The number of nitrogens with zero attached hydrogens (tertiary/aromatic N) is 2. The van der Waals surface area contributed by atoms with E-state index in [-0.39, 0.29) is 6.04 Å². The highest BCUT2D eigenvalue weighted by atomic mass is 79.9. The van der Waals surface area contributed by atoms with E-state index in [9.17, 15) is 0 Å². The van der Waals surface area contributed by atoms with Gasteiger partial charge in [0, 0.05) is 23.6 Å². The standard InChI is InChI=1S/C15H21BrN4/c1-4-11-8-12(20(3)19-11)9-15(18-17)13-7-10(2)5-6-14(13)16/h5-8,15,18H,4,9,17H2,1-3H3. The fourth-order valence-electron chi connectivity index (χ4n) is 2.33. The molecule has 2 aromatic rings. The van der Waals surface area contributed by atoms with E-state index in [0.717, 1.165) is 23.0 Å². The molecule has 0 aliphatic carbocycles. The zero-order valence-electron chi connectivity index (χ0n) is 12.2. The van der Waals surface area contributed by atoms with Crippen molar-refractivity contribution in [2.75, 3.05) is 0 Å². The number of hydrazine groups is 1. The van der Waals surface area contributed by atoms with Gasteiger partial charge in [-0.1, -0.05) is 40.5 Å². The Morgan fingerprint density at radius 1 is 1.40 bits per heavy atom. The second-order valence-corrected chi connectivity index (χ2v) is 5.91. The van der Waals surface area contributed by atoms with Crippen LogP contribution in [0.2, 0.25) is 0 Å². The molecule has 0 amide bonds. The average Bonchev–Trinajstić information content (AvgIpc) is 2.79. The topological polar surface area (TPSA) is 55.9 Å². The average molecular weight is 337 g/mol. The maximum atomic E-state index is 5.76. The fraction of sp³-hybridized carbons (Fsp3) is 0.400. The van der Waals surface area contributed by atoms with Gasteiger partial charge in [-0.2, -0.15) is 5.10 Å². The molecule has 108 valence electrons. The van der Waals surface area contributed by atoms with Gasteiger partial charge in [0.1, 0.15) is 0 Å². The van der Waals surface area contributed by atoms with E-state index in [0.29, 0.717) is 0 Å². The van der Waals surface area contributed by atoms with Crippen LogP contribution in [0.25, 0.3) is 0 Å². The number of nitrogens with two attached hydrogens (primary N) is 1. The molecule has 0 aliphatic rings. The highest BCUT2D eigenvalue weighted by Gasteiger charge is 2.16. The lowest BCUT2D eigenvalue weighted by atomic mass is 10.0. The van der Waals surface area contributed by atoms with E-state index in [1.807, 2.05) is 11.7 Å². The van der Waals surface area contributed by atoms with Crippen LogP contribution in [0.15, 0.2) is 28.7 Å². The van der Waals surface area contributed by atoms with E-state index in [4.69, 9.17) is 5.84 Å². The molecule has 2 rings (SSSR count). The number of halogens is 1. The summed E-state index contributed by atoms with van der Waals surface area (Å²) < 4.78 is 3.01. The van der Waals surface area contributed by atoms with Gasteiger partial charge in [0.05, 0.1) is 11.7 Å². The predicted molar refractivity (Wildman–Crippen MR) is 85.2 cm³/mol. The Morgan fingerprint density at radius 3 is 2.75 bits per heavy atom. The lowest BCUT2D eigenvalue weighted by molar-refractivity contribution is 0.528. The molecule has 0 bridgehead atoms. The molecule has 20 heavy (non-hydrogen) atoms. The SMILES string of the molecule is CCc1cc(CC(NN)c2cc(C)ccc2Br)n(C)n1. The zero-order valence-corrected chi connectivity index (χ0v) is 13.7. The zero-order chi connectivity index (χ0) is 14.7. The number of hydrogen-bond acceptors (Lipinski definition) is 3. The molecule has 0 saturated carbocycles. The molecule has 4 nitrogen and oxygen atoms in total. The van der Waals surface area contributed by atoms with Gasteiger partial charge in [-0.3, -0.25) is 16.0 Å². The second kappa shape index (κ2) is 6.52. The first-order valence-corrected chi connectivity index (χ1v) is 7.58. The van der Waals surface area contributed by atoms with Gasteiger partial charge in [0.2, 0.25) is 0 Å². The van der Waals surface area contributed by atoms with Gasteiger partial charge in [0.25, 0.3) is 0 Å². The lowest BCUT2D eigenvalue weighted by Crippen LogP contribution is -2.30. The third-order valence-electron chi connectivity index (χ3n) is 3.53. The van der Waals surface area contributed by atoms with E-state index >= 15 is 0 Å². The van der Waals surface area contributed by atoms with Crippen LogP contribution >= 0.6 is 15.9 Å². The van der Waals surface area contributed by atoms with Crippen molar-refractivity contribution in [2.45, 2.75) is 32.7 Å². The van der Waals surface area contributed by atoms with Crippen molar-refractivity contribution in [3.8, 4) is 0 Å². The summed E-state index contributed by atoms with van der Waals surface area (Å²) in [7, 11) is 1.98. The number of benzene rings is 1. The summed E-state index contributed by atoms with van der Waals surface area (Å²) in [5.41, 5.74) is 7.61. The number of rotatable bonds is 5. The maximum Gasteiger partial charge on any atom is 0.0624 e. The van der Waals surface area contributed by atoms with Gasteiger partial charge >= 0.3 is 0 Å². The Labute approximate surface area is 128 Å². The molecule has 0 spiro atoms. The van der Waals surface area contributed by atoms with Crippen molar-refractivity contribution in [3.63, 3.8) is 0 Å². The third-order valence-corrected chi connectivity index (χ3v) is 4.25. The Hall–Kier alpha value is -1.17. The molecule has 3 N–H and O–H groups in total. The first-order chi connectivity index (χ1) is 9.55. The van der Waals surface area contributed by atoms with E-state index in [2.05, 4.69) is 64.6 Å². The van der Waals surface area contributed by atoms with Crippen LogP contribution in [0.1, 0.15) is 35.5 Å². The van der Waals surface area contributed by atoms with Crippen molar-refractivity contribution in [3.05, 3.63) is 51.3 Å².